The van der Waals surface area contributed by atoms with E-state index in [1.807, 2.05) is 13.0 Å². The number of carbonyl (C=O) groups excluding carboxylic acids is 1. The molecule has 2 N–H and O–H groups in total. The number of carbonyl (C=O) groups is 1. The van der Waals surface area contributed by atoms with Gasteiger partial charge in [0.25, 0.3) is 5.91 Å². The van der Waals surface area contributed by atoms with Gasteiger partial charge in [0.2, 0.25) is 5.82 Å². The number of aliphatic hydroxyl groups is 1. The number of H-pyrrole nitrogens is 1. The molecule has 0 aliphatic heterocycles. The molecule has 7 heteroatoms. The maximum atomic E-state index is 12.4. The lowest BCUT2D eigenvalue weighted by atomic mass is 10.1. The molecule has 1 amide bonds. The summed E-state index contributed by atoms with van der Waals surface area (Å²) in [6.07, 6.45) is 0.574. The quantitative estimate of drug-likeness (QED) is 0.809. The average Bonchev–Trinajstić information content (AvgIpc) is 3.02. The molecule has 1 heterocycles. The first-order chi connectivity index (χ1) is 9.76. The van der Waals surface area contributed by atoms with Gasteiger partial charge >= 0.3 is 0 Å². The molecule has 0 atom stereocenters. The van der Waals surface area contributed by atoms with Crippen LogP contribution in [0.15, 0.2) is 24.3 Å². The molecular formula is C13H17N5O2. The van der Waals surface area contributed by atoms with Gasteiger partial charge in [-0.1, -0.05) is 12.1 Å². The van der Waals surface area contributed by atoms with Gasteiger partial charge in [0, 0.05) is 30.8 Å². The molecule has 0 fully saturated rings. The van der Waals surface area contributed by atoms with Crippen molar-refractivity contribution in [2.45, 2.75) is 13.3 Å². The summed E-state index contributed by atoms with van der Waals surface area (Å²) in [6.45, 7) is 3.13. The number of rotatable bonds is 6. The zero-order valence-corrected chi connectivity index (χ0v) is 11.3. The molecule has 0 spiro atoms. The third-order valence-corrected chi connectivity index (χ3v) is 2.97. The lowest BCUT2D eigenvalue weighted by molar-refractivity contribution is 0.0754. The Morgan fingerprint density at radius 2 is 2.30 bits per heavy atom. The Bertz CT molecular complexity index is 556. The average molecular weight is 275 g/mol. The first-order valence-corrected chi connectivity index (χ1v) is 6.50. The highest BCUT2D eigenvalue weighted by atomic mass is 16.3. The van der Waals surface area contributed by atoms with Crippen molar-refractivity contribution in [1.29, 1.82) is 0 Å². The monoisotopic (exact) mass is 275 g/mol. The standard InChI is InChI=1S/C13H17N5O2/c1-2-18(7-4-8-19)13(20)11-6-3-5-10(9-11)12-14-16-17-15-12/h3,5-6,9,19H,2,4,7-8H2,1H3,(H,14,15,16,17). The molecule has 2 rings (SSSR count). The number of nitrogens with one attached hydrogen (secondary N) is 1. The molecule has 20 heavy (non-hydrogen) atoms. The Labute approximate surface area is 116 Å². The van der Waals surface area contributed by atoms with Gasteiger partial charge < -0.3 is 10.0 Å². The molecule has 0 radical (unpaired) electrons. The summed E-state index contributed by atoms with van der Waals surface area (Å²) >= 11 is 0. The van der Waals surface area contributed by atoms with Crippen molar-refractivity contribution in [3.05, 3.63) is 29.8 Å². The summed E-state index contributed by atoms with van der Waals surface area (Å²) in [7, 11) is 0. The fourth-order valence-electron chi connectivity index (χ4n) is 1.92. The molecule has 0 bridgehead atoms. The highest BCUT2D eigenvalue weighted by Gasteiger charge is 2.15. The van der Waals surface area contributed by atoms with E-state index < -0.39 is 0 Å². The van der Waals surface area contributed by atoms with Crippen molar-refractivity contribution >= 4 is 5.91 Å². The number of benzene rings is 1. The Hall–Kier alpha value is -2.28. The highest BCUT2D eigenvalue weighted by molar-refractivity contribution is 5.95. The maximum absolute atomic E-state index is 12.4. The molecular weight excluding hydrogens is 258 g/mol. The molecule has 0 saturated heterocycles. The predicted molar refractivity (Wildman–Crippen MR) is 72.9 cm³/mol. The van der Waals surface area contributed by atoms with Crippen molar-refractivity contribution in [2.24, 2.45) is 0 Å². The zero-order valence-electron chi connectivity index (χ0n) is 11.3. The molecule has 0 unspecified atom stereocenters. The number of hydrogen-bond donors (Lipinski definition) is 2. The summed E-state index contributed by atoms with van der Waals surface area (Å²) in [5, 5.41) is 22.6. The highest BCUT2D eigenvalue weighted by Crippen LogP contribution is 2.16. The Kier molecular flexibility index (Phi) is 4.78. The number of amides is 1. The summed E-state index contributed by atoms with van der Waals surface area (Å²) in [6, 6.07) is 7.12. The number of nitrogens with zero attached hydrogens (tertiary/aromatic N) is 4. The van der Waals surface area contributed by atoms with Crippen molar-refractivity contribution in [2.75, 3.05) is 19.7 Å². The normalized spacial score (nSPS) is 10.5. The number of aliphatic hydroxyl groups excluding tert-OH is 1. The lowest BCUT2D eigenvalue weighted by Gasteiger charge is -2.20. The minimum absolute atomic E-state index is 0.0636. The number of tetrazole rings is 1. The van der Waals surface area contributed by atoms with E-state index in [4.69, 9.17) is 5.11 Å². The van der Waals surface area contributed by atoms with Crippen LogP contribution in [0.25, 0.3) is 11.4 Å². The summed E-state index contributed by atoms with van der Waals surface area (Å²) in [5.41, 5.74) is 1.31. The third kappa shape index (κ3) is 3.18. The second kappa shape index (κ2) is 6.76. The first-order valence-electron chi connectivity index (χ1n) is 6.50. The van der Waals surface area contributed by atoms with Crippen LogP contribution in [-0.4, -0.2) is 56.2 Å². The van der Waals surface area contributed by atoms with Crippen molar-refractivity contribution in [1.82, 2.24) is 25.5 Å². The van der Waals surface area contributed by atoms with E-state index in [0.717, 1.165) is 5.56 Å². The van der Waals surface area contributed by atoms with E-state index in [9.17, 15) is 4.79 Å². The molecule has 0 saturated carbocycles. The lowest BCUT2D eigenvalue weighted by Crippen LogP contribution is -2.32. The topological polar surface area (TPSA) is 95.0 Å². The van der Waals surface area contributed by atoms with Gasteiger partial charge in [-0.15, -0.1) is 10.2 Å². The van der Waals surface area contributed by atoms with Gasteiger partial charge in [0.15, 0.2) is 0 Å². The van der Waals surface area contributed by atoms with Crippen molar-refractivity contribution in [3.63, 3.8) is 0 Å². The molecule has 7 nitrogen and oxygen atoms in total. The first kappa shape index (κ1) is 14.1. The van der Waals surface area contributed by atoms with E-state index in [-0.39, 0.29) is 12.5 Å². The molecule has 0 aliphatic rings. The number of aromatic nitrogens is 4. The van der Waals surface area contributed by atoms with E-state index >= 15 is 0 Å². The van der Waals surface area contributed by atoms with Gasteiger partial charge in [-0.25, -0.2) is 0 Å². The molecule has 1 aromatic carbocycles. The van der Waals surface area contributed by atoms with Crippen LogP contribution in [0.3, 0.4) is 0 Å². The van der Waals surface area contributed by atoms with Crippen LogP contribution >= 0.6 is 0 Å². The Balaban J connectivity index is 2.19. The molecule has 2 aromatic rings. The predicted octanol–water partition coefficient (Wildman–Crippen LogP) is 0.711. The molecule has 106 valence electrons. The van der Waals surface area contributed by atoms with Crippen LogP contribution in [0.2, 0.25) is 0 Å². The van der Waals surface area contributed by atoms with Crippen LogP contribution in [0, 0.1) is 0 Å². The smallest absolute Gasteiger partial charge is 0.253 e. The Morgan fingerprint density at radius 1 is 1.45 bits per heavy atom. The summed E-state index contributed by atoms with van der Waals surface area (Å²) in [4.78, 5) is 14.1. The van der Waals surface area contributed by atoms with Crippen LogP contribution in [0.5, 0.6) is 0 Å². The summed E-state index contributed by atoms with van der Waals surface area (Å²) < 4.78 is 0. The summed E-state index contributed by atoms with van der Waals surface area (Å²) in [5.74, 6) is 0.393. The number of aromatic amines is 1. The molecule has 1 aromatic heterocycles. The number of hydrogen-bond acceptors (Lipinski definition) is 5. The largest absolute Gasteiger partial charge is 0.396 e. The third-order valence-electron chi connectivity index (χ3n) is 2.97. The van der Waals surface area contributed by atoms with Gasteiger partial charge in [0.05, 0.1) is 0 Å². The second-order valence-electron chi connectivity index (χ2n) is 4.28. The van der Waals surface area contributed by atoms with Crippen LogP contribution in [0.1, 0.15) is 23.7 Å². The maximum Gasteiger partial charge on any atom is 0.253 e. The fourth-order valence-corrected chi connectivity index (χ4v) is 1.92. The Morgan fingerprint density at radius 3 is 2.95 bits per heavy atom. The second-order valence-corrected chi connectivity index (χ2v) is 4.28. The van der Waals surface area contributed by atoms with Gasteiger partial charge in [-0.2, -0.15) is 5.21 Å². The van der Waals surface area contributed by atoms with E-state index in [1.165, 1.54) is 0 Å². The van der Waals surface area contributed by atoms with E-state index in [0.29, 0.717) is 30.9 Å². The van der Waals surface area contributed by atoms with Crippen molar-refractivity contribution < 1.29 is 9.90 Å². The van der Waals surface area contributed by atoms with Crippen molar-refractivity contribution in [3.8, 4) is 11.4 Å². The van der Waals surface area contributed by atoms with Gasteiger partial charge in [-0.05, 0) is 30.7 Å². The van der Waals surface area contributed by atoms with Crippen LogP contribution in [0.4, 0.5) is 0 Å². The van der Waals surface area contributed by atoms with E-state index in [1.54, 1.807) is 23.1 Å². The van der Waals surface area contributed by atoms with Crippen LogP contribution < -0.4 is 0 Å². The fraction of sp³-hybridized carbons (Fsp3) is 0.385. The SMILES string of the molecule is CCN(CCCO)C(=O)c1cccc(-c2nn[nH]n2)c1. The van der Waals surface area contributed by atoms with Gasteiger partial charge in [-0.3, -0.25) is 4.79 Å². The minimum Gasteiger partial charge on any atom is -0.396 e. The zero-order chi connectivity index (χ0) is 14.4. The van der Waals surface area contributed by atoms with Crippen LogP contribution in [-0.2, 0) is 0 Å². The molecule has 0 aliphatic carbocycles. The minimum atomic E-state index is -0.0636. The van der Waals surface area contributed by atoms with E-state index in [2.05, 4.69) is 20.6 Å². The van der Waals surface area contributed by atoms with Gasteiger partial charge in [0.1, 0.15) is 0 Å².